The standard InChI is InChI=1S/C5H2Cl4S/c6-3-1-2-10-4(3)5(7,8)9/h1-2H. The Kier molecular flexibility index (Phi) is 2.75. The van der Waals surface area contributed by atoms with E-state index in [1.54, 1.807) is 11.4 Å². The van der Waals surface area contributed by atoms with Crippen LogP contribution in [0, 0.1) is 0 Å². The molecule has 1 heterocycles. The smallest absolute Gasteiger partial charge is 0.143 e. The van der Waals surface area contributed by atoms with E-state index in [9.17, 15) is 0 Å². The second kappa shape index (κ2) is 3.08. The Morgan fingerprint density at radius 3 is 2.10 bits per heavy atom. The number of alkyl halides is 3. The molecule has 0 nitrogen and oxygen atoms in total. The van der Waals surface area contributed by atoms with Crippen molar-refractivity contribution >= 4 is 57.7 Å². The minimum atomic E-state index is -1.38. The average Bonchev–Trinajstić information content (AvgIpc) is 2.11. The lowest BCUT2D eigenvalue weighted by Crippen LogP contribution is -1.95. The second-order valence-electron chi connectivity index (χ2n) is 1.60. The number of halogens is 4. The van der Waals surface area contributed by atoms with Crippen LogP contribution in [-0.2, 0) is 3.79 Å². The lowest BCUT2D eigenvalue weighted by molar-refractivity contribution is 1.32. The van der Waals surface area contributed by atoms with E-state index in [-0.39, 0.29) is 0 Å². The highest BCUT2D eigenvalue weighted by atomic mass is 35.6. The molecule has 0 aliphatic heterocycles. The van der Waals surface area contributed by atoms with Crippen LogP contribution < -0.4 is 0 Å². The third-order valence-electron chi connectivity index (χ3n) is 0.875. The Morgan fingerprint density at radius 1 is 1.30 bits per heavy atom. The Bertz CT molecular complexity index is 224. The quantitative estimate of drug-likeness (QED) is 0.591. The summed E-state index contributed by atoms with van der Waals surface area (Å²) in [4.78, 5) is 0.569. The molecule has 0 aromatic carbocycles. The zero-order valence-electron chi connectivity index (χ0n) is 4.57. The number of thiophene rings is 1. The zero-order valence-corrected chi connectivity index (χ0v) is 8.42. The normalized spacial score (nSPS) is 12.0. The Labute approximate surface area is 82.6 Å². The van der Waals surface area contributed by atoms with Gasteiger partial charge in [-0.2, -0.15) is 0 Å². The molecule has 0 radical (unpaired) electrons. The van der Waals surface area contributed by atoms with Gasteiger partial charge in [-0.25, -0.2) is 0 Å². The van der Waals surface area contributed by atoms with E-state index in [0.29, 0.717) is 9.90 Å². The van der Waals surface area contributed by atoms with Gasteiger partial charge in [-0.05, 0) is 11.4 Å². The van der Waals surface area contributed by atoms with Gasteiger partial charge in [-0.3, -0.25) is 0 Å². The first kappa shape index (κ1) is 8.95. The van der Waals surface area contributed by atoms with Gasteiger partial charge < -0.3 is 0 Å². The van der Waals surface area contributed by atoms with E-state index in [2.05, 4.69) is 0 Å². The van der Waals surface area contributed by atoms with Crippen LogP contribution in [0.25, 0.3) is 0 Å². The van der Waals surface area contributed by atoms with Crippen molar-refractivity contribution in [1.82, 2.24) is 0 Å². The van der Waals surface area contributed by atoms with Crippen LogP contribution in [0.4, 0.5) is 0 Å². The molecule has 0 N–H and O–H groups in total. The highest BCUT2D eigenvalue weighted by Crippen LogP contribution is 2.44. The monoisotopic (exact) mass is 234 g/mol. The van der Waals surface area contributed by atoms with Gasteiger partial charge in [0.15, 0.2) is 0 Å². The highest BCUT2D eigenvalue weighted by Gasteiger charge is 2.26. The van der Waals surface area contributed by atoms with Gasteiger partial charge in [0.2, 0.25) is 3.79 Å². The molecule has 0 bridgehead atoms. The molecular weight excluding hydrogens is 234 g/mol. The summed E-state index contributed by atoms with van der Waals surface area (Å²) in [7, 11) is 0. The van der Waals surface area contributed by atoms with Crippen molar-refractivity contribution in [2.24, 2.45) is 0 Å². The van der Waals surface area contributed by atoms with Crippen molar-refractivity contribution in [1.29, 1.82) is 0 Å². The van der Waals surface area contributed by atoms with Gasteiger partial charge >= 0.3 is 0 Å². The molecule has 0 saturated carbocycles. The average molecular weight is 236 g/mol. The van der Waals surface area contributed by atoms with Crippen molar-refractivity contribution < 1.29 is 0 Å². The van der Waals surface area contributed by atoms with Gasteiger partial charge in [0.1, 0.15) is 0 Å². The van der Waals surface area contributed by atoms with Crippen LogP contribution in [0.2, 0.25) is 5.02 Å². The summed E-state index contributed by atoms with van der Waals surface area (Å²) < 4.78 is -1.38. The fourth-order valence-electron chi connectivity index (χ4n) is 0.496. The summed E-state index contributed by atoms with van der Waals surface area (Å²) in [6.45, 7) is 0. The van der Waals surface area contributed by atoms with Gasteiger partial charge in [-0.15, -0.1) is 11.3 Å². The molecule has 5 heteroatoms. The minimum Gasteiger partial charge on any atom is -0.143 e. The fraction of sp³-hybridized carbons (Fsp3) is 0.200. The van der Waals surface area contributed by atoms with E-state index in [4.69, 9.17) is 46.4 Å². The summed E-state index contributed by atoms with van der Waals surface area (Å²) in [5.41, 5.74) is 0. The van der Waals surface area contributed by atoms with Crippen LogP contribution in [0.5, 0.6) is 0 Å². The molecule has 0 spiro atoms. The summed E-state index contributed by atoms with van der Waals surface area (Å²) in [5, 5.41) is 2.28. The summed E-state index contributed by atoms with van der Waals surface area (Å²) in [6, 6.07) is 1.70. The first-order valence-corrected chi connectivity index (χ1v) is 4.71. The number of hydrogen-bond donors (Lipinski definition) is 0. The molecule has 0 fully saturated rings. The van der Waals surface area contributed by atoms with Gasteiger partial charge in [0.05, 0.1) is 9.90 Å². The lowest BCUT2D eigenvalue weighted by Gasteiger charge is -2.07. The number of rotatable bonds is 0. The Morgan fingerprint density at radius 2 is 1.90 bits per heavy atom. The van der Waals surface area contributed by atoms with Crippen LogP contribution in [0.3, 0.4) is 0 Å². The minimum absolute atomic E-state index is 0.505. The largest absolute Gasteiger partial charge is 0.226 e. The predicted molar refractivity (Wildman–Crippen MR) is 48.6 cm³/mol. The van der Waals surface area contributed by atoms with Crippen molar-refractivity contribution in [2.75, 3.05) is 0 Å². The molecule has 0 unspecified atom stereocenters. The predicted octanol–water partition coefficient (Wildman–Crippen LogP) is 4.23. The van der Waals surface area contributed by atoms with Gasteiger partial charge in [0, 0.05) is 0 Å². The molecule has 0 amide bonds. The van der Waals surface area contributed by atoms with Crippen molar-refractivity contribution in [3.05, 3.63) is 21.3 Å². The van der Waals surface area contributed by atoms with E-state index < -0.39 is 3.79 Å². The molecule has 0 aliphatic rings. The van der Waals surface area contributed by atoms with Crippen LogP contribution in [0.1, 0.15) is 4.88 Å². The fourth-order valence-corrected chi connectivity index (χ4v) is 2.41. The van der Waals surface area contributed by atoms with Crippen LogP contribution in [0.15, 0.2) is 11.4 Å². The van der Waals surface area contributed by atoms with Gasteiger partial charge in [0.25, 0.3) is 0 Å². The molecule has 1 aromatic rings. The zero-order chi connectivity index (χ0) is 7.78. The lowest BCUT2D eigenvalue weighted by atomic mass is 10.5. The van der Waals surface area contributed by atoms with E-state index >= 15 is 0 Å². The van der Waals surface area contributed by atoms with Gasteiger partial charge in [-0.1, -0.05) is 46.4 Å². The summed E-state index contributed by atoms with van der Waals surface area (Å²) >= 11 is 23.7. The molecule has 0 aliphatic carbocycles. The third kappa shape index (κ3) is 1.93. The Hall–Kier alpha value is 0.860. The molecule has 10 heavy (non-hydrogen) atoms. The first-order chi connectivity index (χ1) is 4.52. The maximum atomic E-state index is 5.68. The molecule has 1 rings (SSSR count). The van der Waals surface area contributed by atoms with Crippen molar-refractivity contribution in [3.63, 3.8) is 0 Å². The Balaban J connectivity index is 3.05. The second-order valence-corrected chi connectivity index (χ2v) is 5.20. The van der Waals surface area contributed by atoms with Crippen LogP contribution >= 0.6 is 57.7 Å². The van der Waals surface area contributed by atoms with E-state index in [0.717, 1.165) is 0 Å². The molecule has 1 aromatic heterocycles. The third-order valence-corrected chi connectivity index (χ3v) is 3.24. The maximum Gasteiger partial charge on any atom is 0.226 e. The highest BCUT2D eigenvalue weighted by molar-refractivity contribution is 7.12. The number of hydrogen-bond acceptors (Lipinski definition) is 1. The van der Waals surface area contributed by atoms with Crippen LogP contribution in [-0.4, -0.2) is 0 Å². The molecule has 0 atom stereocenters. The maximum absolute atomic E-state index is 5.68. The first-order valence-electron chi connectivity index (χ1n) is 2.32. The molecule has 0 saturated heterocycles. The summed E-state index contributed by atoms with van der Waals surface area (Å²) in [6.07, 6.45) is 0. The van der Waals surface area contributed by atoms with Crippen molar-refractivity contribution in [2.45, 2.75) is 3.79 Å². The topological polar surface area (TPSA) is 0 Å². The van der Waals surface area contributed by atoms with Crippen molar-refractivity contribution in [3.8, 4) is 0 Å². The molecule has 56 valence electrons. The van der Waals surface area contributed by atoms with E-state index in [1.807, 2.05) is 0 Å². The van der Waals surface area contributed by atoms with E-state index in [1.165, 1.54) is 11.3 Å². The summed E-state index contributed by atoms with van der Waals surface area (Å²) in [5.74, 6) is 0. The molecular formula is C5H2Cl4S. The SMILES string of the molecule is Clc1ccsc1C(Cl)(Cl)Cl.